The molecule has 0 aliphatic heterocycles. The zero-order valence-electron chi connectivity index (χ0n) is 79.2. The molecule has 0 saturated carbocycles. The Labute approximate surface area is 824 Å². The predicted octanol–water partition coefficient (Wildman–Crippen LogP) is 38.4. The van der Waals surface area contributed by atoms with E-state index >= 15 is 0 Å². The predicted molar refractivity (Wildman–Crippen MR) is 600 cm³/mol. The lowest BCUT2D eigenvalue weighted by Crippen LogP contribution is -2.11. The molecule has 0 bridgehead atoms. The molecule has 0 unspecified atom stereocenters. The van der Waals surface area contributed by atoms with Gasteiger partial charge >= 0.3 is 0 Å². The van der Waals surface area contributed by atoms with Gasteiger partial charge < -0.3 is 55.2 Å². The summed E-state index contributed by atoms with van der Waals surface area (Å²) in [7, 11) is 0. The fourth-order valence-electron chi connectivity index (χ4n) is 24.4. The minimum atomic E-state index is 0.695. The zero-order chi connectivity index (χ0) is 95.0. The molecule has 682 valence electrons. The molecule has 12 nitrogen and oxygen atoms in total. The molecular weight excluding hydrogens is 1770 g/mol. The number of rotatable bonds is 17. The SMILES string of the molecule is CCn1c2ccccc2c2cc(N(c3ccccc3)c3cc4oc5c(ccc6c5oc5cc(N(c7ccccc7)c7ccc8c(c7)c7ccccc7n8CCCc7cc(C)cc(N(c8ccc9oc%10ccccc%10c9c8)c8cc9oc%10c(ccc%11c%10oc%10cc(N(c%12cc(C)cc(C)c%12)c%12ccc%13oc%14ccccc%14c%13c%12)c%12ccccc%12c%10%11)c9c9ccccc89)c7)c7ccccc7c56)c4c4ccccc34)ccc21. The van der Waals surface area contributed by atoms with E-state index in [4.69, 9.17) is 26.5 Å². The van der Waals surface area contributed by atoms with E-state index in [2.05, 4.69) is 451 Å². The number of anilines is 12. The Morgan fingerprint density at radius 3 is 0.889 bits per heavy atom. The molecule has 0 spiro atoms. The molecule has 0 aliphatic carbocycles. The summed E-state index contributed by atoms with van der Waals surface area (Å²) in [6.07, 6.45) is 1.68. The van der Waals surface area contributed by atoms with Crippen LogP contribution in [0.1, 0.15) is 35.6 Å². The van der Waals surface area contributed by atoms with E-state index in [1.54, 1.807) is 0 Å². The summed E-state index contributed by atoms with van der Waals surface area (Å²) in [5.41, 5.74) is 31.0. The molecule has 0 aliphatic rings. The number of furan rings is 6. The van der Waals surface area contributed by atoms with E-state index in [1.807, 2.05) is 18.2 Å². The Hall–Kier alpha value is -18.5. The lowest BCUT2D eigenvalue weighted by atomic mass is 9.98. The van der Waals surface area contributed by atoms with E-state index in [0.717, 1.165) is 252 Å². The maximum Gasteiger partial charge on any atom is 0.178 e. The smallest absolute Gasteiger partial charge is 0.178 e. The van der Waals surface area contributed by atoms with Crippen molar-refractivity contribution in [3.63, 3.8) is 0 Å². The summed E-state index contributed by atoms with van der Waals surface area (Å²) in [6.45, 7) is 10.4. The Bertz CT molecular complexity index is 10700. The monoisotopic (exact) mass is 1850 g/mol. The van der Waals surface area contributed by atoms with Gasteiger partial charge in [0.15, 0.2) is 22.3 Å². The minimum Gasteiger partial charge on any atom is -0.456 e. The molecule has 0 radical (unpaired) electrons. The van der Waals surface area contributed by atoms with Crippen molar-refractivity contribution in [2.75, 3.05) is 19.6 Å². The number of aryl methyl sites for hydroxylation is 6. The molecule has 12 heteroatoms. The fourth-order valence-corrected chi connectivity index (χ4v) is 24.4. The molecule has 30 rings (SSSR count). The first-order valence-electron chi connectivity index (χ1n) is 49.7. The molecule has 0 N–H and O–H groups in total. The summed E-state index contributed by atoms with van der Waals surface area (Å²) in [4.78, 5) is 9.63. The second-order valence-electron chi connectivity index (χ2n) is 38.8. The Morgan fingerprint density at radius 1 is 0.194 bits per heavy atom. The summed E-state index contributed by atoms with van der Waals surface area (Å²) >= 11 is 0. The topological polar surface area (TPSA) is 102 Å². The van der Waals surface area contributed by atoms with Gasteiger partial charge in [0, 0.05) is 213 Å². The van der Waals surface area contributed by atoms with Crippen LogP contribution < -0.4 is 19.6 Å². The quantitative estimate of drug-likeness (QED) is 0.0876. The highest BCUT2D eigenvalue weighted by Gasteiger charge is 2.32. The van der Waals surface area contributed by atoms with Crippen molar-refractivity contribution >= 4 is 287 Å². The largest absolute Gasteiger partial charge is 0.456 e. The summed E-state index contributed by atoms with van der Waals surface area (Å²) in [5.74, 6) is 0. The molecule has 0 saturated heterocycles. The number of aromatic nitrogens is 2. The number of hydrogen-bond acceptors (Lipinski definition) is 10. The average molecular weight is 1850 g/mol. The van der Waals surface area contributed by atoms with Gasteiger partial charge in [-0.15, -0.1) is 0 Å². The highest BCUT2D eigenvalue weighted by atomic mass is 16.4. The van der Waals surface area contributed by atoms with Gasteiger partial charge in [-0.2, -0.15) is 0 Å². The normalized spacial score (nSPS) is 12.3. The lowest BCUT2D eigenvalue weighted by Gasteiger charge is -2.28. The van der Waals surface area contributed by atoms with E-state index in [9.17, 15) is 0 Å². The molecule has 30 aromatic rings. The van der Waals surface area contributed by atoms with Crippen molar-refractivity contribution in [2.24, 2.45) is 0 Å². The molecule has 8 heterocycles. The number of hydrogen-bond donors (Lipinski definition) is 0. The number of nitrogens with zero attached hydrogens (tertiary/aromatic N) is 6. The molecule has 0 fully saturated rings. The first kappa shape index (κ1) is 81.5. The van der Waals surface area contributed by atoms with Gasteiger partial charge in [0.1, 0.15) is 44.7 Å². The van der Waals surface area contributed by atoms with Crippen LogP contribution in [0.3, 0.4) is 0 Å². The van der Waals surface area contributed by atoms with Gasteiger partial charge in [0.05, 0.1) is 22.7 Å². The van der Waals surface area contributed by atoms with Crippen LogP contribution >= 0.6 is 0 Å². The summed E-state index contributed by atoms with van der Waals surface area (Å²) < 4.78 is 47.7. The molecular formula is C132H88N6O6. The van der Waals surface area contributed by atoms with Crippen molar-refractivity contribution in [1.29, 1.82) is 0 Å². The maximum atomic E-state index is 7.50. The molecule has 8 aromatic heterocycles. The van der Waals surface area contributed by atoms with Crippen LogP contribution in [0.4, 0.5) is 68.2 Å². The average Bonchev–Trinajstić information content (AvgIpc) is 1.55. The second kappa shape index (κ2) is 31.5. The van der Waals surface area contributed by atoms with E-state index in [1.165, 1.54) is 60.3 Å². The fraction of sp³-hybridized carbons (Fsp3) is 0.0606. The first-order chi connectivity index (χ1) is 71.1. The van der Waals surface area contributed by atoms with Crippen LogP contribution in [0.15, 0.2) is 439 Å². The minimum absolute atomic E-state index is 0.695. The van der Waals surface area contributed by atoms with Crippen LogP contribution in [0.5, 0.6) is 0 Å². The van der Waals surface area contributed by atoms with Crippen LogP contribution in [0.2, 0.25) is 0 Å². The van der Waals surface area contributed by atoms with Crippen molar-refractivity contribution in [3.05, 3.63) is 435 Å². The van der Waals surface area contributed by atoms with Gasteiger partial charge in [0.25, 0.3) is 0 Å². The van der Waals surface area contributed by atoms with Gasteiger partial charge in [-0.05, 0) is 254 Å². The van der Waals surface area contributed by atoms with Crippen molar-refractivity contribution in [3.8, 4) is 0 Å². The maximum absolute atomic E-state index is 7.50. The number of para-hydroxylation sites is 6. The van der Waals surface area contributed by atoms with Crippen LogP contribution in [-0.4, -0.2) is 9.13 Å². The highest BCUT2D eigenvalue weighted by molar-refractivity contribution is 6.33. The third-order valence-electron chi connectivity index (χ3n) is 30.4. The number of fused-ring (bicyclic) bond motifs is 34. The van der Waals surface area contributed by atoms with Crippen LogP contribution in [-0.2, 0) is 19.5 Å². The highest BCUT2D eigenvalue weighted by Crippen LogP contribution is 2.56. The Morgan fingerprint density at radius 2 is 0.493 bits per heavy atom. The summed E-state index contributed by atoms with van der Waals surface area (Å²) in [5, 5.41) is 25.8. The number of benzene rings is 22. The van der Waals surface area contributed by atoms with Gasteiger partial charge in [-0.3, -0.25) is 0 Å². The summed E-state index contributed by atoms with van der Waals surface area (Å²) in [6, 6.07) is 150. The van der Waals surface area contributed by atoms with Crippen LogP contribution in [0.25, 0.3) is 218 Å². The van der Waals surface area contributed by atoms with Crippen molar-refractivity contribution in [1.82, 2.24) is 9.13 Å². The Kier molecular flexibility index (Phi) is 17.8. The van der Waals surface area contributed by atoms with Gasteiger partial charge in [-0.1, -0.05) is 218 Å². The second-order valence-corrected chi connectivity index (χ2v) is 38.8. The van der Waals surface area contributed by atoms with Crippen molar-refractivity contribution in [2.45, 2.75) is 53.6 Å². The van der Waals surface area contributed by atoms with Crippen LogP contribution in [0, 0.1) is 20.8 Å². The molecule has 144 heavy (non-hydrogen) atoms. The molecule has 22 aromatic carbocycles. The Balaban J connectivity index is 0.515. The third-order valence-corrected chi connectivity index (χ3v) is 30.4. The van der Waals surface area contributed by atoms with Gasteiger partial charge in [0.2, 0.25) is 0 Å². The first-order valence-corrected chi connectivity index (χ1v) is 49.7. The van der Waals surface area contributed by atoms with E-state index in [0.29, 0.717) is 22.3 Å². The lowest BCUT2D eigenvalue weighted by molar-refractivity contribution is 0.633. The van der Waals surface area contributed by atoms with Gasteiger partial charge in [-0.25, -0.2) is 0 Å². The van der Waals surface area contributed by atoms with E-state index < -0.39 is 0 Å². The molecule has 0 atom stereocenters. The molecule has 0 amide bonds. The van der Waals surface area contributed by atoms with E-state index in [-0.39, 0.29) is 0 Å². The zero-order valence-corrected chi connectivity index (χ0v) is 79.2. The standard InChI is InChI=1S/C132H88N6O6/c1-5-133-109-46-24-20-38-93(109)105-69-83(50-58-111(105)133)135(81-30-8-6-9-31-81)113-73-121-125(97-42-16-12-34-89(97)113)101-54-55-102-126-98-43-17-13-35-90(98)114(74-122(126)142-130(102)129(101)141-121)136(82-32-10-7-11-33-82)84-51-59-112-106(70-84)94-39-21-25-47-110(94)134(112)62-28-29-80-64-79(4)67-88(68-80)138(86-53-61-120-108(72-86)96-41-23-27-49-118(96)140-120)116-76-124-128(100-45-19-15-37-92(100)116)104-57-56-103-127-99-44-18-14-36-91(99)115(75-123(127)143-131(103)132(104)144-124)137(87-65-77(2)63-78(3)66-87)85-52-60-119-107(71-85)95-40-22-26-48-117(95)139-119/h6-27,30-61,63-76H,5,28-29,62H2,1-4H3. The van der Waals surface area contributed by atoms with Crippen molar-refractivity contribution < 1.29 is 26.5 Å². The third kappa shape index (κ3) is 12.3.